The number of hydrogen-bond acceptors (Lipinski definition) is 2. The third kappa shape index (κ3) is 3.50. The summed E-state index contributed by atoms with van der Waals surface area (Å²) in [5.74, 6) is 0.624. The van der Waals surface area contributed by atoms with E-state index in [9.17, 15) is 4.39 Å². The van der Waals surface area contributed by atoms with Crippen LogP contribution in [0, 0.1) is 12.7 Å². The monoisotopic (exact) mass is 273 g/mol. The van der Waals surface area contributed by atoms with Gasteiger partial charge in [0.1, 0.15) is 11.6 Å². The fourth-order valence-corrected chi connectivity index (χ4v) is 2.09. The molecule has 1 unspecified atom stereocenters. The van der Waals surface area contributed by atoms with Crippen molar-refractivity contribution in [3.63, 3.8) is 0 Å². The topological polar surface area (TPSA) is 21.3 Å². The van der Waals surface area contributed by atoms with Gasteiger partial charge in [-0.1, -0.05) is 18.2 Å². The molecule has 0 aromatic heterocycles. The Morgan fingerprint density at radius 3 is 2.50 bits per heavy atom. The van der Waals surface area contributed by atoms with E-state index in [0.717, 1.165) is 16.9 Å². The first-order chi connectivity index (χ1) is 9.60. The summed E-state index contributed by atoms with van der Waals surface area (Å²) in [7, 11) is 0. The van der Waals surface area contributed by atoms with Gasteiger partial charge >= 0.3 is 0 Å². The first kappa shape index (κ1) is 14.4. The number of nitrogens with one attached hydrogen (secondary N) is 1. The van der Waals surface area contributed by atoms with Gasteiger partial charge in [-0.05, 0) is 56.2 Å². The van der Waals surface area contributed by atoms with E-state index in [2.05, 4.69) is 5.32 Å². The maximum absolute atomic E-state index is 13.7. The summed E-state index contributed by atoms with van der Waals surface area (Å²) in [5, 5.41) is 3.20. The van der Waals surface area contributed by atoms with Crippen molar-refractivity contribution in [3.8, 4) is 5.75 Å². The molecule has 2 aromatic rings. The molecule has 2 rings (SSSR count). The maximum Gasteiger partial charge on any atom is 0.146 e. The lowest BCUT2D eigenvalue weighted by Gasteiger charge is -2.17. The lowest BCUT2D eigenvalue weighted by atomic mass is 10.1. The fraction of sp³-hybridized carbons (Fsp3) is 0.294. The third-order valence-electron chi connectivity index (χ3n) is 3.18. The number of aryl methyl sites for hydroxylation is 1. The van der Waals surface area contributed by atoms with Crippen LogP contribution in [0.5, 0.6) is 5.75 Å². The molecule has 0 spiro atoms. The lowest BCUT2D eigenvalue weighted by molar-refractivity contribution is 0.340. The van der Waals surface area contributed by atoms with Crippen LogP contribution in [0.4, 0.5) is 10.1 Å². The second kappa shape index (κ2) is 6.42. The van der Waals surface area contributed by atoms with Crippen molar-refractivity contribution in [3.05, 3.63) is 59.4 Å². The van der Waals surface area contributed by atoms with E-state index in [1.807, 2.05) is 51.1 Å². The molecule has 1 atom stereocenters. The number of anilines is 1. The van der Waals surface area contributed by atoms with Crippen LogP contribution in [-0.4, -0.2) is 6.61 Å². The van der Waals surface area contributed by atoms with Crippen LogP contribution in [0.15, 0.2) is 42.5 Å². The molecule has 0 saturated carbocycles. The van der Waals surface area contributed by atoms with Crippen LogP contribution in [0.3, 0.4) is 0 Å². The Morgan fingerprint density at radius 1 is 1.15 bits per heavy atom. The first-order valence-electron chi connectivity index (χ1n) is 6.85. The van der Waals surface area contributed by atoms with Crippen LogP contribution in [0.25, 0.3) is 0 Å². The van der Waals surface area contributed by atoms with Crippen molar-refractivity contribution >= 4 is 5.69 Å². The van der Waals surface area contributed by atoms with E-state index < -0.39 is 0 Å². The van der Waals surface area contributed by atoms with Crippen molar-refractivity contribution in [1.82, 2.24) is 0 Å². The van der Waals surface area contributed by atoms with E-state index in [1.54, 1.807) is 6.07 Å². The van der Waals surface area contributed by atoms with Gasteiger partial charge < -0.3 is 10.1 Å². The summed E-state index contributed by atoms with van der Waals surface area (Å²) in [6.07, 6.45) is 0. The molecule has 0 saturated heterocycles. The van der Waals surface area contributed by atoms with E-state index >= 15 is 0 Å². The summed E-state index contributed by atoms with van der Waals surface area (Å²) in [6, 6.07) is 13.0. The first-order valence-corrected chi connectivity index (χ1v) is 6.85. The molecule has 0 aliphatic heterocycles. The van der Waals surface area contributed by atoms with E-state index in [1.165, 1.54) is 6.07 Å². The Bertz CT molecular complexity index is 566. The van der Waals surface area contributed by atoms with Crippen molar-refractivity contribution in [2.75, 3.05) is 11.9 Å². The van der Waals surface area contributed by atoms with Crippen molar-refractivity contribution in [2.45, 2.75) is 26.8 Å². The Morgan fingerprint density at radius 2 is 1.85 bits per heavy atom. The Kier molecular flexibility index (Phi) is 4.61. The smallest absolute Gasteiger partial charge is 0.146 e. The highest BCUT2D eigenvalue weighted by Crippen LogP contribution is 2.24. The summed E-state index contributed by atoms with van der Waals surface area (Å²) in [5.41, 5.74) is 2.66. The molecule has 0 aliphatic carbocycles. The average Bonchev–Trinajstić information content (AvgIpc) is 2.44. The minimum absolute atomic E-state index is 0.0296. The zero-order valence-corrected chi connectivity index (χ0v) is 12.1. The highest BCUT2D eigenvalue weighted by Gasteiger charge is 2.09. The zero-order valence-electron chi connectivity index (χ0n) is 12.1. The standard InChI is InChI=1S/C17H20FNO/c1-4-20-15-8-6-14(7-9-15)13(3)19-17-11-12(2)5-10-16(17)18/h5-11,13,19H,4H2,1-3H3. The van der Waals surface area contributed by atoms with Gasteiger partial charge in [0.25, 0.3) is 0 Å². The molecule has 0 fully saturated rings. The number of benzene rings is 2. The van der Waals surface area contributed by atoms with Crippen LogP contribution >= 0.6 is 0 Å². The minimum Gasteiger partial charge on any atom is -0.494 e. The molecule has 0 radical (unpaired) electrons. The van der Waals surface area contributed by atoms with Gasteiger partial charge in [0.15, 0.2) is 0 Å². The van der Waals surface area contributed by atoms with Crippen LogP contribution in [0.2, 0.25) is 0 Å². The normalized spacial score (nSPS) is 12.0. The van der Waals surface area contributed by atoms with Gasteiger partial charge in [-0.15, -0.1) is 0 Å². The SMILES string of the molecule is CCOc1ccc(C(C)Nc2cc(C)ccc2F)cc1. The zero-order chi connectivity index (χ0) is 14.5. The molecule has 3 heteroatoms. The van der Waals surface area contributed by atoms with Crippen LogP contribution < -0.4 is 10.1 Å². The molecule has 2 aromatic carbocycles. The molecule has 20 heavy (non-hydrogen) atoms. The quantitative estimate of drug-likeness (QED) is 0.852. The summed E-state index contributed by atoms with van der Waals surface area (Å²) >= 11 is 0. The highest BCUT2D eigenvalue weighted by molar-refractivity contribution is 5.49. The second-order valence-electron chi connectivity index (χ2n) is 4.85. The third-order valence-corrected chi connectivity index (χ3v) is 3.18. The lowest BCUT2D eigenvalue weighted by Crippen LogP contribution is -2.08. The minimum atomic E-state index is -0.228. The highest BCUT2D eigenvalue weighted by atomic mass is 19.1. The number of hydrogen-bond donors (Lipinski definition) is 1. The number of rotatable bonds is 5. The Labute approximate surface area is 119 Å². The summed E-state index contributed by atoms with van der Waals surface area (Å²) < 4.78 is 19.1. The van der Waals surface area contributed by atoms with Crippen LogP contribution in [0.1, 0.15) is 31.0 Å². The second-order valence-corrected chi connectivity index (χ2v) is 4.85. The van der Waals surface area contributed by atoms with E-state index in [0.29, 0.717) is 12.3 Å². The Hall–Kier alpha value is -2.03. The maximum atomic E-state index is 13.7. The van der Waals surface area contributed by atoms with E-state index in [4.69, 9.17) is 4.74 Å². The van der Waals surface area contributed by atoms with Gasteiger partial charge in [0, 0.05) is 6.04 Å². The largest absolute Gasteiger partial charge is 0.494 e. The summed E-state index contributed by atoms with van der Waals surface area (Å²) in [6.45, 7) is 6.57. The molecule has 0 heterocycles. The molecular weight excluding hydrogens is 253 g/mol. The van der Waals surface area contributed by atoms with Crippen LogP contribution in [-0.2, 0) is 0 Å². The number of ether oxygens (including phenoxy) is 1. The predicted octanol–water partition coefficient (Wildman–Crippen LogP) is 4.71. The molecule has 0 amide bonds. The van der Waals surface area contributed by atoms with Crippen molar-refractivity contribution in [2.24, 2.45) is 0 Å². The van der Waals surface area contributed by atoms with Gasteiger partial charge in [-0.3, -0.25) is 0 Å². The van der Waals surface area contributed by atoms with Gasteiger partial charge in [-0.2, -0.15) is 0 Å². The van der Waals surface area contributed by atoms with Crippen molar-refractivity contribution in [1.29, 1.82) is 0 Å². The van der Waals surface area contributed by atoms with Gasteiger partial charge in [0.2, 0.25) is 0 Å². The molecular formula is C17H20FNO. The molecule has 0 aliphatic rings. The molecule has 0 bridgehead atoms. The van der Waals surface area contributed by atoms with Gasteiger partial charge in [-0.25, -0.2) is 4.39 Å². The molecule has 1 N–H and O–H groups in total. The van der Waals surface area contributed by atoms with Crippen molar-refractivity contribution < 1.29 is 9.13 Å². The fourth-order valence-electron chi connectivity index (χ4n) is 2.09. The number of halogens is 1. The Balaban J connectivity index is 2.11. The summed E-state index contributed by atoms with van der Waals surface area (Å²) in [4.78, 5) is 0. The average molecular weight is 273 g/mol. The van der Waals surface area contributed by atoms with E-state index in [-0.39, 0.29) is 11.9 Å². The van der Waals surface area contributed by atoms with Gasteiger partial charge in [0.05, 0.1) is 12.3 Å². The molecule has 106 valence electrons. The predicted molar refractivity (Wildman–Crippen MR) is 80.8 cm³/mol. The molecule has 2 nitrogen and oxygen atoms in total.